The van der Waals surface area contributed by atoms with Gasteiger partial charge in [0.15, 0.2) is 21.3 Å². The molecule has 33 heavy (non-hydrogen) atoms. The first-order valence-corrected chi connectivity index (χ1v) is 11.7. The highest BCUT2D eigenvalue weighted by molar-refractivity contribution is 7.91. The number of nitrogens with one attached hydrogen (secondary N) is 1. The van der Waals surface area contributed by atoms with E-state index in [0.717, 1.165) is 0 Å². The van der Waals surface area contributed by atoms with Crippen LogP contribution in [0, 0.1) is 0 Å². The largest absolute Gasteiger partial charge is 0.493 e. The van der Waals surface area contributed by atoms with Gasteiger partial charge in [-0.25, -0.2) is 8.42 Å². The van der Waals surface area contributed by atoms with Crippen molar-refractivity contribution in [3.8, 4) is 17.2 Å². The average molecular weight is 491 g/mol. The highest BCUT2D eigenvalue weighted by Crippen LogP contribution is 2.38. The molecule has 2 aromatic carbocycles. The van der Waals surface area contributed by atoms with Crippen molar-refractivity contribution >= 4 is 27.3 Å². The van der Waals surface area contributed by atoms with Crippen LogP contribution in [-0.4, -0.2) is 47.2 Å². The zero-order valence-electron chi connectivity index (χ0n) is 18.2. The summed E-state index contributed by atoms with van der Waals surface area (Å²) in [5.41, 5.74) is 0.663. The van der Waals surface area contributed by atoms with Gasteiger partial charge in [0, 0.05) is 29.5 Å². The molecule has 0 fully saturated rings. The smallest absolute Gasteiger partial charge is 0.251 e. The van der Waals surface area contributed by atoms with Crippen LogP contribution in [0.1, 0.15) is 21.2 Å². The number of hydrogen-bond donors (Lipinski definition) is 1. The van der Waals surface area contributed by atoms with E-state index in [4.69, 9.17) is 25.8 Å². The summed E-state index contributed by atoms with van der Waals surface area (Å²) in [6, 6.07) is 12.1. The van der Waals surface area contributed by atoms with Gasteiger partial charge in [0.25, 0.3) is 5.91 Å². The second-order valence-electron chi connectivity index (χ2n) is 6.90. The van der Waals surface area contributed by atoms with Gasteiger partial charge in [-0.15, -0.1) is 0 Å². The number of ether oxygens (including phenoxy) is 3. The van der Waals surface area contributed by atoms with Crippen molar-refractivity contribution in [2.24, 2.45) is 0 Å². The summed E-state index contributed by atoms with van der Waals surface area (Å²) in [7, 11) is 0.472. The number of halogens is 1. The molecular formula is C23H23ClN2O6S. The Kier molecular flexibility index (Phi) is 7.78. The molecular weight excluding hydrogens is 468 g/mol. The van der Waals surface area contributed by atoms with Crippen molar-refractivity contribution in [1.82, 2.24) is 10.3 Å². The quantitative estimate of drug-likeness (QED) is 0.487. The molecule has 1 heterocycles. The van der Waals surface area contributed by atoms with Gasteiger partial charge in [-0.3, -0.25) is 9.78 Å². The lowest BCUT2D eigenvalue weighted by Crippen LogP contribution is -2.32. The number of rotatable bonds is 9. The monoisotopic (exact) mass is 490 g/mol. The fourth-order valence-corrected chi connectivity index (χ4v) is 5.03. The number of nitrogens with zero attached hydrogens (tertiary/aromatic N) is 1. The van der Waals surface area contributed by atoms with Gasteiger partial charge in [0.1, 0.15) is 5.25 Å². The molecule has 0 unspecified atom stereocenters. The maximum absolute atomic E-state index is 13.4. The highest BCUT2D eigenvalue weighted by atomic mass is 35.5. The predicted molar refractivity (Wildman–Crippen MR) is 124 cm³/mol. The predicted octanol–water partition coefficient (Wildman–Crippen LogP) is 3.71. The third-order valence-corrected chi connectivity index (χ3v) is 7.32. The van der Waals surface area contributed by atoms with Crippen molar-refractivity contribution in [2.45, 2.75) is 10.1 Å². The van der Waals surface area contributed by atoms with Gasteiger partial charge in [0.2, 0.25) is 5.75 Å². The number of pyridine rings is 1. The molecule has 0 saturated carbocycles. The van der Waals surface area contributed by atoms with Crippen LogP contribution in [0.2, 0.25) is 5.02 Å². The standard InChI is InChI=1S/C23H23ClN2O6S/c1-30-19-11-16(12-20(31-2)22(19)32-3)23(27)26-14-21(15-5-4-10-25-13-15)33(28,29)18-8-6-17(24)7-9-18/h4-13,21H,14H2,1-3H3,(H,26,27)/t21-/m1/s1. The lowest BCUT2D eigenvalue weighted by atomic mass is 10.1. The van der Waals surface area contributed by atoms with Gasteiger partial charge < -0.3 is 19.5 Å². The summed E-state index contributed by atoms with van der Waals surface area (Å²) in [6.07, 6.45) is 3.01. The van der Waals surface area contributed by atoms with Gasteiger partial charge in [-0.05, 0) is 48.0 Å². The van der Waals surface area contributed by atoms with Crippen LogP contribution in [-0.2, 0) is 9.84 Å². The number of carbonyl (C=O) groups is 1. The molecule has 1 N–H and O–H groups in total. The van der Waals surface area contributed by atoms with Crippen LogP contribution < -0.4 is 19.5 Å². The van der Waals surface area contributed by atoms with E-state index >= 15 is 0 Å². The Morgan fingerprint density at radius 2 is 1.67 bits per heavy atom. The number of amides is 1. The van der Waals surface area contributed by atoms with E-state index in [0.29, 0.717) is 27.8 Å². The summed E-state index contributed by atoms with van der Waals surface area (Å²) in [5, 5.41) is 2.05. The number of sulfone groups is 1. The number of hydrogen-bond acceptors (Lipinski definition) is 7. The van der Waals surface area contributed by atoms with Crippen molar-refractivity contribution in [1.29, 1.82) is 0 Å². The number of benzene rings is 2. The van der Waals surface area contributed by atoms with Crippen molar-refractivity contribution in [2.75, 3.05) is 27.9 Å². The summed E-state index contributed by atoms with van der Waals surface area (Å²) in [6.45, 7) is -0.188. The minimum absolute atomic E-state index is 0.0859. The SMILES string of the molecule is COc1cc(C(=O)NC[C@H](c2cccnc2)S(=O)(=O)c2ccc(Cl)cc2)cc(OC)c1OC. The van der Waals surface area contributed by atoms with Crippen LogP contribution in [0.4, 0.5) is 0 Å². The Hall–Kier alpha value is -3.30. The molecule has 0 radical (unpaired) electrons. The molecule has 0 spiro atoms. The topological polar surface area (TPSA) is 104 Å². The van der Waals surface area contributed by atoms with E-state index in [9.17, 15) is 13.2 Å². The van der Waals surface area contributed by atoms with E-state index in [1.165, 1.54) is 63.9 Å². The first kappa shape index (κ1) is 24.3. The summed E-state index contributed by atoms with van der Waals surface area (Å²) in [5.74, 6) is 0.448. The maximum atomic E-state index is 13.4. The van der Waals surface area contributed by atoms with Crippen molar-refractivity contribution in [3.63, 3.8) is 0 Å². The molecule has 1 atom stereocenters. The van der Waals surface area contributed by atoms with Gasteiger partial charge in [-0.2, -0.15) is 0 Å². The summed E-state index contributed by atoms with van der Waals surface area (Å²) >= 11 is 5.91. The molecule has 3 rings (SSSR count). The fourth-order valence-electron chi connectivity index (χ4n) is 3.26. The third-order valence-electron chi connectivity index (χ3n) is 4.95. The first-order chi connectivity index (χ1) is 15.8. The van der Waals surface area contributed by atoms with Crippen LogP contribution in [0.5, 0.6) is 17.2 Å². The minimum atomic E-state index is -3.87. The molecule has 0 aliphatic rings. The lowest BCUT2D eigenvalue weighted by molar-refractivity contribution is 0.0953. The zero-order valence-corrected chi connectivity index (χ0v) is 19.8. The second kappa shape index (κ2) is 10.5. The molecule has 1 aromatic heterocycles. The molecule has 0 saturated heterocycles. The molecule has 8 nitrogen and oxygen atoms in total. The second-order valence-corrected chi connectivity index (χ2v) is 9.46. The van der Waals surface area contributed by atoms with Crippen LogP contribution >= 0.6 is 11.6 Å². The normalized spacial score (nSPS) is 12.0. The molecule has 3 aromatic rings. The van der Waals surface area contributed by atoms with E-state index in [1.807, 2.05) is 0 Å². The Labute approximate surface area is 197 Å². The third kappa shape index (κ3) is 5.37. The fraction of sp³-hybridized carbons (Fsp3) is 0.217. The first-order valence-electron chi connectivity index (χ1n) is 9.79. The summed E-state index contributed by atoms with van der Waals surface area (Å²) in [4.78, 5) is 17.1. The van der Waals surface area contributed by atoms with E-state index in [1.54, 1.807) is 18.3 Å². The summed E-state index contributed by atoms with van der Waals surface area (Å²) < 4.78 is 42.6. The Morgan fingerprint density at radius 3 is 2.18 bits per heavy atom. The van der Waals surface area contributed by atoms with E-state index in [-0.39, 0.29) is 17.0 Å². The molecule has 174 valence electrons. The Balaban J connectivity index is 1.92. The van der Waals surface area contributed by atoms with E-state index in [2.05, 4.69) is 10.3 Å². The van der Waals surface area contributed by atoms with Crippen LogP contribution in [0.15, 0.2) is 65.8 Å². The molecule has 0 aliphatic carbocycles. The van der Waals surface area contributed by atoms with Crippen molar-refractivity contribution < 1.29 is 27.4 Å². The average Bonchev–Trinajstić information content (AvgIpc) is 2.83. The van der Waals surface area contributed by atoms with Crippen LogP contribution in [0.3, 0.4) is 0 Å². The Bertz CT molecular complexity index is 1190. The van der Waals surface area contributed by atoms with Gasteiger partial charge in [-0.1, -0.05) is 17.7 Å². The van der Waals surface area contributed by atoms with Crippen LogP contribution in [0.25, 0.3) is 0 Å². The molecule has 1 amide bonds. The molecule has 0 aliphatic heterocycles. The highest BCUT2D eigenvalue weighted by Gasteiger charge is 2.30. The molecule has 10 heteroatoms. The number of methoxy groups -OCH3 is 3. The van der Waals surface area contributed by atoms with Crippen molar-refractivity contribution in [3.05, 3.63) is 77.1 Å². The number of aromatic nitrogens is 1. The van der Waals surface area contributed by atoms with Gasteiger partial charge >= 0.3 is 0 Å². The maximum Gasteiger partial charge on any atom is 0.251 e. The lowest BCUT2D eigenvalue weighted by Gasteiger charge is -2.19. The minimum Gasteiger partial charge on any atom is -0.493 e. The molecule has 0 bridgehead atoms. The van der Waals surface area contributed by atoms with E-state index < -0.39 is 21.0 Å². The van der Waals surface area contributed by atoms with Gasteiger partial charge in [0.05, 0.1) is 26.2 Å². The Morgan fingerprint density at radius 1 is 1.03 bits per heavy atom. The zero-order chi connectivity index (χ0) is 24.0. The number of carbonyl (C=O) groups excluding carboxylic acids is 1.